The van der Waals surface area contributed by atoms with E-state index in [2.05, 4.69) is 10.6 Å². The van der Waals surface area contributed by atoms with Crippen LogP contribution >= 0.6 is 12.4 Å². The average molecular weight is 297 g/mol. The van der Waals surface area contributed by atoms with Crippen molar-refractivity contribution >= 4 is 18.3 Å². The third-order valence-electron chi connectivity index (χ3n) is 2.37. The normalized spacial score (nSPS) is 10.7. The van der Waals surface area contributed by atoms with Gasteiger partial charge in [0.05, 0.1) is 12.0 Å². The summed E-state index contributed by atoms with van der Waals surface area (Å²) in [7, 11) is 1.73. The minimum Gasteiger partial charge on any atom is -0.355 e. The molecule has 1 aromatic carbocycles. The van der Waals surface area contributed by atoms with Crippen LogP contribution in [-0.4, -0.2) is 26.0 Å². The SMILES string of the molecule is CNCCNC(=O)Cc1ccccc1C(F)(F)F.Cl. The highest BCUT2D eigenvalue weighted by molar-refractivity contribution is 5.85. The molecular weight excluding hydrogens is 281 g/mol. The molecule has 0 bridgehead atoms. The lowest BCUT2D eigenvalue weighted by atomic mass is 10.0. The highest BCUT2D eigenvalue weighted by atomic mass is 35.5. The second kappa shape index (κ2) is 8.01. The van der Waals surface area contributed by atoms with Crippen molar-refractivity contribution < 1.29 is 18.0 Å². The van der Waals surface area contributed by atoms with Crippen molar-refractivity contribution in [1.29, 1.82) is 0 Å². The summed E-state index contributed by atoms with van der Waals surface area (Å²) in [6, 6.07) is 5.10. The highest BCUT2D eigenvalue weighted by Gasteiger charge is 2.33. The molecule has 1 amide bonds. The topological polar surface area (TPSA) is 41.1 Å². The molecule has 0 heterocycles. The molecule has 3 nitrogen and oxygen atoms in total. The van der Waals surface area contributed by atoms with Gasteiger partial charge < -0.3 is 10.6 Å². The van der Waals surface area contributed by atoms with E-state index < -0.39 is 17.6 Å². The second-order valence-electron chi connectivity index (χ2n) is 3.79. The summed E-state index contributed by atoms with van der Waals surface area (Å²) >= 11 is 0. The monoisotopic (exact) mass is 296 g/mol. The Morgan fingerprint density at radius 1 is 1.21 bits per heavy atom. The molecule has 1 aromatic rings. The first-order valence-corrected chi connectivity index (χ1v) is 5.51. The molecular formula is C12H16ClF3N2O. The maximum Gasteiger partial charge on any atom is 0.416 e. The number of amides is 1. The largest absolute Gasteiger partial charge is 0.416 e. The van der Waals surface area contributed by atoms with Crippen LogP contribution in [0.5, 0.6) is 0 Å². The maximum absolute atomic E-state index is 12.7. The number of benzene rings is 1. The molecule has 0 aliphatic heterocycles. The third kappa shape index (κ3) is 5.94. The van der Waals surface area contributed by atoms with E-state index >= 15 is 0 Å². The van der Waals surface area contributed by atoms with Gasteiger partial charge in [0.1, 0.15) is 0 Å². The van der Waals surface area contributed by atoms with E-state index in [1.165, 1.54) is 18.2 Å². The fourth-order valence-corrected chi connectivity index (χ4v) is 1.51. The van der Waals surface area contributed by atoms with Crippen LogP contribution < -0.4 is 10.6 Å². The van der Waals surface area contributed by atoms with Crippen LogP contribution in [0.3, 0.4) is 0 Å². The van der Waals surface area contributed by atoms with Gasteiger partial charge in [-0.3, -0.25) is 4.79 Å². The molecule has 1 rings (SSSR count). The van der Waals surface area contributed by atoms with Crippen molar-refractivity contribution in [2.75, 3.05) is 20.1 Å². The quantitative estimate of drug-likeness (QED) is 0.816. The molecule has 108 valence electrons. The van der Waals surface area contributed by atoms with Crippen LogP contribution in [0.1, 0.15) is 11.1 Å². The molecule has 2 N–H and O–H groups in total. The smallest absolute Gasteiger partial charge is 0.355 e. The van der Waals surface area contributed by atoms with E-state index in [1.807, 2.05) is 0 Å². The molecule has 19 heavy (non-hydrogen) atoms. The number of likely N-dealkylation sites (N-methyl/N-ethyl adjacent to an activating group) is 1. The first kappa shape index (κ1) is 17.7. The zero-order chi connectivity index (χ0) is 13.6. The molecule has 0 unspecified atom stereocenters. The summed E-state index contributed by atoms with van der Waals surface area (Å²) in [5, 5.41) is 5.37. The predicted molar refractivity (Wildman–Crippen MR) is 69.3 cm³/mol. The van der Waals surface area contributed by atoms with E-state index in [9.17, 15) is 18.0 Å². The van der Waals surface area contributed by atoms with Crippen LogP contribution in [0.15, 0.2) is 24.3 Å². The number of hydrogen-bond acceptors (Lipinski definition) is 2. The van der Waals surface area contributed by atoms with Gasteiger partial charge in [0.2, 0.25) is 5.91 Å². The van der Waals surface area contributed by atoms with E-state index in [-0.39, 0.29) is 24.4 Å². The number of carbonyl (C=O) groups is 1. The van der Waals surface area contributed by atoms with Crippen molar-refractivity contribution in [1.82, 2.24) is 10.6 Å². The first-order valence-electron chi connectivity index (χ1n) is 5.51. The van der Waals surface area contributed by atoms with Crippen LogP contribution in [0.2, 0.25) is 0 Å². The second-order valence-corrected chi connectivity index (χ2v) is 3.79. The fourth-order valence-electron chi connectivity index (χ4n) is 1.51. The number of carbonyl (C=O) groups excluding carboxylic acids is 1. The number of halogens is 4. The van der Waals surface area contributed by atoms with Crippen LogP contribution in [0.4, 0.5) is 13.2 Å². The molecule has 0 atom stereocenters. The Labute approximate surface area is 116 Å². The summed E-state index contributed by atoms with van der Waals surface area (Å²) < 4.78 is 38.0. The zero-order valence-electron chi connectivity index (χ0n) is 10.4. The minimum atomic E-state index is -4.43. The Balaban J connectivity index is 0.00000324. The molecule has 0 radical (unpaired) electrons. The van der Waals surface area contributed by atoms with Crippen molar-refractivity contribution in [3.05, 3.63) is 35.4 Å². The third-order valence-corrected chi connectivity index (χ3v) is 2.37. The van der Waals surface area contributed by atoms with Gasteiger partial charge in [-0.15, -0.1) is 12.4 Å². The molecule has 0 fully saturated rings. The Hall–Kier alpha value is -1.27. The molecule has 0 saturated heterocycles. The van der Waals surface area contributed by atoms with Crippen molar-refractivity contribution in [3.63, 3.8) is 0 Å². The minimum absolute atomic E-state index is 0. The van der Waals surface area contributed by atoms with Gasteiger partial charge in [0, 0.05) is 13.1 Å². The molecule has 0 aromatic heterocycles. The Kier molecular flexibility index (Phi) is 7.48. The number of nitrogens with one attached hydrogen (secondary N) is 2. The maximum atomic E-state index is 12.7. The molecule has 0 aliphatic rings. The lowest BCUT2D eigenvalue weighted by molar-refractivity contribution is -0.138. The van der Waals surface area contributed by atoms with E-state index in [1.54, 1.807) is 7.05 Å². The first-order chi connectivity index (χ1) is 8.45. The van der Waals surface area contributed by atoms with Gasteiger partial charge in [-0.1, -0.05) is 18.2 Å². The van der Waals surface area contributed by atoms with Gasteiger partial charge in [0.25, 0.3) is 0 Å². The zero-order valence-corrected chi connectivity index (χ0v) is 11.2. The lowest BCUT2D eigenvalue weighted by Gasteiger charge is -2.12. The van der Waals surface area contributed by atoms with Crippen molar-refractivity contribution in [2.45, 2.75) is 12.6 Å². The van der Waals surface area contributed by atoms with E-state index in [0.29, 0.717) is 13.1 Å². The van der Waals surface area contributed by atoms with Gasteiger partial charge in [-0.25, -0.2) is 0 Å². The van der Waals surface area contributed by atoms with E-state index in [0.717, 1.165) is 6.07 Å². The van der Waals surface area contributed by atoms with Gasteiger partial charge in [-0.2, -0.15) is 13.2 Å². The Bertz CT molecular complexity index is 410. The summed E-state index contributed by atoms with van der Waals surface area (Å²) in [6.45, 7) is 0.968. The standard InChI is InChI=1S/C12H15F3N2O.ClH/c1-16-6-7-17-11(18)8-9-4-2-3-5-10(9)12(13,14)15;/h2-5,16H,6-8H2,1H3,(H,17,18);1H. The molecule has 0 saturated carbocycles. The average Bonchev–Trinajstić information content (AvgIpc) is 2.28. The molecule has 7 heteroatoms. The number of rotatable bonds is 5. The Morgan fingerprint density at radius 2 is 1.84 bits per heavy atom. The van der Waals surface area contributed by atoms with E-state index in [4.69, 9.17) is 0 Å². The number of hydrogen-bond donors (Lipinski definition) is 2. The Morgan fingerprint density at radius 3 is 2.42 bits per heavy atom. The predicted octanol–water partition coefficient (Wildman–Crippen LogP) is 2.01. The van der Waals surface area contributed by atoms with Gasteiger partial charge in [0.15, 0.2) is 0 Å². The van der Waals surface area contributed by atoms with Gasteiger partial charge >= 0.3 is 6.18 Å². The highest BCUT2D eigenvalue weighted by Crippen LogP contribution is 2.31. The van der Waals surface area contributed by atoms with Crippen molar-refractivity contribution in [2.24, 2.45) is 0 Å². The van der Waals surface area contributed by atoms with Crippen LogP contribution in [-0.2, 0) is 17.4 Å². The summed E-state index contributed by atoms with van der Waals surface area (Å²) in [4.78, 5) is 11.5. The lowest BCUT2D eigenvalue weighted by Crippen LogP contribution is -2.31. The van der Waals surface area contributed by atoms with Crippen LogP contribution in [0.25, 0.3) is 0 Å². The van der Waals surface area contributed by atoms with Crippen LogP contribution in [0, 0.1) is 0 Å². The van der Waals surface area contributed by atoms with Gasteiger partial charge in [-0.05, 0) is 18.7 Å². The molecule has 0 aliphatic carbocycles. The summed E-state index contributed by atoms with van der Waals surface area (Å²) in [5.74, 6) is -0.415. The summed E-state index contributed by atoms with van der Waals surface area (Å²) in [5.41, 5.74) is -0.763. The van der Waals surface area contributed by atoms with Crippen molar-refractivity contribution in [3.8, 4) is 0 Å². The molecule has 0 spiro atoms. The summed E-state index contributed by atoms with van der Waals surface area (Å²) in [6.07, 6.45) is -4.69. The number of alkyl halides is 3. The fraction of sp³-hybridized carbons (Fsp3) is 0.417.